The third kappa shape index (κ3) is 2.99. The molecule has 0 aromatic heterocycles. The molecule has 1 aromatic rings. The molecule has 6 heteroatoms. The average molecular weight is 317 g/mol. The van der Waals surface area contributed by atoms with Crippen molar-refractivity contribution in [2.75, 3.05) is 5.75 Å². The molecule has 4 nitrogen and oxygen atoms in total. The lowest BCUT2D eigenvalue weighted by molar-refractivity contribution is -0.138. The molecule has 0 bridgehead atoms. The maximum absolute atomic E-state index is 11.9. The third-order valence-electron chi connectivity index (χ3n) is 3.83. The number of rotatable bonds is 4. The first-order valence-corrected chi connectivity index (χ1v) is 8.66. The van der Waals surface area contributed by atoms with Crippen LogP contribution in [0.3, 0.4) is 0 Å². The molecule has 2 rings (SSSR count). The smallest absolute Gasteiger partial charge is 0.310 e. The summed E-state index contributed by atoms with van der Waals surface area (Å²) in [7, 11) is -3.10. The van der Waals surface area contributed by atoms with E-state index >= 15 is 0 Å². The average Bonchev–Trinajstić information content (AvgIpc) is 2.76. The van der Waals surface area contributed by atoms with E-state index < -0.39 is 32.4 Å². The molecule has 0 aliphatic carbocycles. The van der Waals surface area contributed by atoms with Gasteiger partial charge in [0, 0.05) is 0 Å². The molecule has 1 saturated heterocycles. The van der Waals surface area contributed by atoms with Gasteiger partial charge in [-0.15, -0.1) is 11.6 Å². The minimum atomic E-state index is -3.10. The van der Waals surface area contributed by atoms with Crippen LogP contribution in [-0.4, -0.2) is 30.5 Å². The van der Waals surface area contributed by atoms with E-state index in [9.17, 15) is 13.2 Å². The SMILES string of the molecule is CC(C(=O)O)c1ccc(C(Cl)C2CCCS2(=O)=O)cc1. The van der Waals surface area contributed by atoms with Crippen LogP contribution in [0.5, 0.6) is 0 Å². The van der Waals surface area contributed by atoms with Crippen LogP contribution in [0.25, 0.3) is 0 Å². The third-order valence-corrected chi connectivity index (χ3v) is 6.82. The number of aliphatic carboxylic acids is 1. The fraction of sp³-hybridized carbons (Fsp3) is 0.500. The second kappa shape index (κ2) is 5.74. The van der Waals surface area contributed by atoms with Gasteiger partial charge in [0.15, 0.2) is 9.84 Å². The van der Waals surface area contributed by atoms with Crippen molar-refractivity contribution < 1.29 is 18.3 Å². The van der Waals surface area contributed by atoms with Gasteiger partial charge in [-0.1, -0.05) is 24.3 Å². The van der Waals surface area contributed by atoms with E-state index in [2.05, 4.69) is 0 Å². The molecule has 0 saturated carbocycles. The van der Waals surface area contributed by atoms with Crippen molar-refractivity contribution in [3.05, 3.63) is 35.4 Å². The van der Waals surface area contributed by atoms with E-state index in [1.807, 2.05) is 0 Å². The van der Waals surface area contributed by atoms with E-state index in [4.69, 9.17) is 16.7 Å². The van der Waals surface area contributed by atoms with Crippen LogP contribution < -0.4 is 0 Å². The molecule has 3 unspecified atom stereocenters. The summed E-state index contributed by atoms with van der Waals surface area (Å²) in [6, 6.07) is 6.84. The highest BCUT2D eigenvalue weighted by atomic mass is 35.5. The number of alkyl halides is 1. The lowest BCUT2D eigenvalue weighted by Crippen LogP contribution is -2.21. The Bertz CT molecular complexity index is 594. The molecular formula is C14H17ClO4S. The van der Waals surface area contributed by atoms with Gasteiger partial charge in [-0.2, -0.15) is 0 Å². The number of hydrogen-bond donors (Lipinski definition) is 1. The highest BCUT2D eigenvalue weighted by molar-refractivity contribution is 7.92. The second-order valence-electron chi connectivity index (χ2n) is 5.18. The zero-order chi connectivity index (χ0) is 14.9. The van der Waals surface area contributed by atoms with Gasteiger partial charge in [-0.05, 0) is 30.9 Å². The lowest BCUT2D eigenvalue weighted by atomic mass is 9.98. The predicted octanol–water partition coefficient (Wildman–Crippen LogP) is 2.73. The zero-order valence-electron chi connectivity index (χ0n) is 11.1. The van der Waals surface area contributed by atoms with Crippen molar-refractivity contribution in [1.82, 2.24) is 0 Å². The molecule has 1 heterocycles. The van der Waals surface area contributed by atoms with Crippen molar-refractivity contribution >= 4 is 27.4 Å². The maximum atomic E-state index is 11.9. The van der Waals surface area contributed by atoms with Crippen molar-refractivity contribution in [3.8, 4) is 0 Å². The molecule has 0 radical (unpaired) electrons. The Morgan fingerprint density at radius 3 is 2.30 bits per heavy atom. The molecule has 0 spiro atoms. The van der Waals surface area contributed by atoms with E-state index in [1.165, 1.54) is 0 Å². The van der Waals surface area contributed by atoms with E-state index in [0.717, 1.165) is 5.56 Å². The van der Waals surface area contributed by atoms with Crippen LogP contribution in [0.4, 0.5) is 0 Å². The van der Waals surface area contributed by atoms with Crippen LogP contribution in [0, 0.1) is 0 Å². The summed E-state index contributed by atoms with van der Waals surface area (Å²) in [5.41, 5.74) is 1.41. The summed E-state index contributed by atoms with van der Waals surface area (Å²) in [6.07, 6.45) is 1.24. The van der Waals surface area contributed by atoms with Crippen LogP contribution in [0.1, 0.15) is 42.2 Å². The minimum absolute atomic E-state index is 0.203. The summed E-state index contributed by atoms with van der Waals surface area (Å²) in [6.45, 7) is 1.61. The summed E-state index contributed by atoms with van der Waals surface area (Å²) in [5.74, 6) is -1.28. The number of carboxylic acids is 1. The van der Waals surface area contributed by atoms with Gasteiger partial charge >= 0.3 is 5.97 Å². The van der Waals surface area contributed by atoms with Crippen LogP contribution in [-0.2, 0) is 14.6 Å². The zero-order valence-corrected chi connectivity index (χ0v) is 12.7. The highest BCUT2D eigenvalue weighted by Crippen LogP contribution is 2.36. The number of carbonyl (C=O) groups is 1. The number of sulfone groups is 1. The van der Waals surface area contributed by atoms with E-state index in [1.54, 1.807) is 31.2 Å². The molecule has 110 valence electrons. The molecule has 20 heavy (non-hydrogen) atoms. The summed E-state index contributed by atoms with van der Waals surface area (Å²) < 4.78 is 23.8. The molecule has 1 fully saturated rings. The Morgan fingerprint density at radius 2 is 1.85 bits per heavy atom. The van der Waals surface area contributed by atoms with Gasteiger partial charge in [0.05, 0.1) is 22.3 Å². The maximum Gasteiger partial charge on any atom is 0.310 e. The van der Waals surface area contributed by atoms with Gasteiger partial charge < -0.3 is 5.11 Å². The lowest BCUT2D eigenvalue weighted by Gasteiger charge is -2.17. The Balaban J connectivity index is 2.20. The summed E-state index contributed by atoms with van der Waals surface area (Å²) in [4.78, 5) is 10.9. The summed E-state index contributed by atoms with van der Waals surface area (Å²) in [5, 5.41) is 7.84. The van der Waals surface area contributed by atoms with Crippen molar-refractivity contribution in [3.63, 3.8) is 0 Å². The monoisotopic (exact) mass is 316 g/mol. The summed E-state index contributed by atoms with van der Waals surface area (Å²) >= 11 is 6.30. The highest BCUT2D eigenvalue weighted by Gasteiger charge is 2.37. The van der Waals surface area contributed by atoms with Gasteiger partial charge in [-0.3, -0.25) is 4.79 Å². The topological polar surface area (TPSA) is 71.4 Å². The van der Waals surface area contributed by atoms with Crippen LogP contribution >= 0.6 is 11.6 Å². The van der Waals surface area contributed by atoms with Gasteiger partial charge in [0.25, 0.3) is 0 Å². The molecule has 1 N–H and O–H groups in total. The normalized spacial score (nSPS) is 24.2. The van der Waals surface area contributed by atoms with Crippen LogP contribution in [0.15, 0.2) is 24.3 Å². The number of benzene rings is 1. The van der Waals surface area contributed by atoms with Crippen LogP contribution in [0.2, 0.25) is 0 Å². The van der Waals surface area contributed by atoms with E-state index in [0.29, 0.717) is 18.4 Å². The van der Waals surface area contributed by atoms with Gasteiger partial charge in [0.1, 0.15) is 0 Å². The first-order valence-electron chi connectivity index (χ1n) is 6.51. The number of hydrogen-bond acceptors (Lipinski definition) is 3. The van der Waals surface area contributed by atoms with Crippen molar-refractivity contribution in [1.29, 1.82) is 0 Å². The quantitative estimate of drug-likeness (QED) is 0.867. The van der Waals surface area contributed by atoms with Crippen molar-refractivity contribution in [2.24, 2.45) is 0 Å². The van der Waals surface area contributed by atoms with Gasteiger partial charge in [-0.25, -0.2) is 8.42 Å². The van der Waals surface area contributed by atoms with Gasteiger partial charge in [0.2, 0.25) is 0 Å². The Labute approximate surface area is 123 Å². The Hall–Kier alpha value is -1.07. The molecule has 0 amide bonds. The number of halogens is 1. The molecule has 1 aliphatic heterocycles. The molecular weight excluding hydrogens is 300 g/mol. The predicted molar refractivity (Wildman–Crippen MR) is 77.9 cm³/mol. The number of carboxylic acid groups (broad SMARTS) is 1. The first kappa shape index (κ1) is 15.3. The molecule has 1 aromatic carbocycles. The van der Waals surface area contributed by atoms with E-state index in [-0.39, 0.29) is 5.75 Å². The first-order chi connectivity index (χ1) is 9.33. The molecule has 1 aliphatic rings. The Morgan fingerprint density at radius 1 is 1.30 bits per heavy atom. The minimum Gasteiger partial charge on any atom is -0.481 e. The largest absolute Gasteiger partial charge is 0.481 e. The fourth-order valence-corrected chi connectivity index (χ4v) is 5.13. The molecule has 3 atom stereocenters. The fourth-order valence-electron chi connectivity index (χ4n) is 2.47. The second-order valence-corrected chi connectivity index (χ2v) is 7.99. The standard InChI is InChI=1S/C14H17ClO4S/c1-9(14(16)17)10-4-6-11(7-5-10)13(15)12-3-2-8-20(12,18)19/h4-7,9,12-13H,2-3,8H2,1H3,(H,16,17). The van der Waals surface area contributed by atoms with Crippen molar-refractivity contribution in [2.45, 2.75) is 36.3 Å². The Kier molecular flexibility index (Phi) is 4.39.